The molecule has 106 valence electrons. The Hall–Kier alpha value is -1.89. The van der Waals surface area contributed by atoms with E-state index in [9.17, 15) is 9.59 Å². The number of rotatable bonds is 8. The molecule has 19 heavy (non-hydrogen) atoms. The minimum atomic E-state index is -0.238. The zero-order valence-corrected chi connectivity index (χ0v) is 11.2. The molecule has 0 aliphatic carbocycles. The molecule has 0 spiro atoms. The normalized spacial score (nSPS) is 10.2. The standard InChI is InChI=1S/C12H19N3O4/c1-3-18-12(17)5-7-13-6-4-11(16)14-10-8-9(2)19-15-10/h8,13H,3-7H2,1-2H3,(H,14,15,16). The zero-order valence-electron chi connectivity index (χ0n) is 11.2. The predicted octanol–water partition coefficient (Wildman–Crippen LogP) is 0.854. The fourth-order valence-electron chi connectivity index (χ4n) is 1.38. The second-order valence-electron chi connectivity index (χ2n) is 3.93. The summed E-state index contributed by atoms with van der Waals surface area (Å²) in [6.45, 7) is 4.89. The molecule has 0 saturated heterocycles. The summed E-state index contributed by atoms with van der Waals surface area (Å²) in [5, 5.41) is 9.25. The van der Waals surface area contributed by atoms with Gasteiger partial charge in [0.25, 0.3) is 0 Å². The summed E-state index contributed by atoms with van der Waals surface area (Å²) in [5.41, 5.74) is 0. The summed E-state index contributed by atoms with van der Waals surface area (Å²) in [6.07, 6.45) is 0.604. The van der Waals surface area contributed by atoms with E-state index in [-0.39, 0.29) is 11.9 Å². The molecular weight excluding hydrogens is 250 g/mol. The molecule has 1 amide bonds. The molecule has 0 bridgehead atoms. The van der Waals surface area contributed by atoms with Crippen molar-refractivity contribution in [2.45, 2.75) is 26.7 Å². The first-order valence-corrected chi connectivity index (χ1v) is 6.21. The van der Waals surface area contributed by atoms with E-state index < -0.39 is 0 Å². The Labute approximate surface area is 111 Å². The van der Waals surface area contributed by atoms with Gasteiger partial charge in [0.15, 0.2) is 5.82 Å². The summed E-state index contributed by atoms with van der Waals surface area (Å²) < 4.78 is 9.60. The van der Waals surface area contributed by atoms with E-state index in [1.807, 2.05) is 0 Å². The van der Waals surface area contributed by atoms with Crippen LogP contribution in [0.2, 0.25) is 0 Å². The Bertz CT molecular complexity index is 417. The molecule has 0 aliphatic heterocycles. The predicted molar refractivity (Wildman–Crippen MR) is 68.6 cm³/mol. The number of ether oxygens (including phenoxy) is 1. The number of amides is 1. The van der Waals surface area contributed by atoms with Crippen LogP contribution in [0.25, 0.3) is 0 Å². The molecule has 0 unspecified atom stereocenters. The van der Waals surface area contributed by atoms with Gasteiger partial charge in [-0.25, -0.2) is 0 Å². The summed E-state index contributed by atoms with van der Waals surface area (Å²) in [6, 6.07) is 1.64. The minimum Gasteiger partial charge on any atom is -0.466 e. The highest BCUT2D eigenvalue weighted by Crippen LogP contribution is 2.06. The third-order valence-electron chi connectivity index (χ3n) is 2.24. The average Bonchev–Trinajstić information content (AvgIpc) is 2.74. The van der Waals surface area contributed by atoms with E-state index in [1.165, 1.54) is 0 Å². The lowest BCUT2D eigenvalue weighted by Gasteiger charge is -2.04. The van der Waals surface area contributed by atoms with Gasteiger partial charge in [0.1, 0.15) is 5.76 Å². The Morgan fingerprint density at radius 1 is 1.37 bits per heavy atom. The van der Waals surface area contributed by atoms with Crippen LogP contribution >= 0.6 is 0 Å². The van der Waals surface area contributed by atoms with Gasteiger partial charge in [-0.3, -0.25) is 9.59 Å². The monoisotopic (exact) mass is 269 g/mol. The van der Waals surface area contributed by atoms with E-state index in [2.05, 4.69) is 15.8 Å². The van der Waals surface area contributed by atoms with Crippen LogP contribution in [0.1, 0.15) is 25.5 Å². The van der Waals surface area contributed by atoms with Crippen molar-refractivity contribution in [3.63, 3.8) is 0 Å². The molecule has 1 rings (SSSR count). The molecule has 2 N–H and O–H groups in total. The molecule has 0 saturated carbocycles. The maximum atomic E-state index is 11.5. The largest absolute Gasteiger partial charge is 0.466 e. The van der Waals surface area contributed by atoms with Gasteiger partial charge in [-0.2, -0.15) is 0 Å². The number of carbonyl (C=O) groups excluding carboxylic acids is 2. The quantitative estimate of drug-likeness (QED) is 0.537. The number of anilines is 1. The van der Waals surface area contributed by atoms with Gasteiger partial charge in [-0.1, -0.05) is 5.16 Å². The van der Waals surface area contributed by atoms with Crippen LogP contribution in [-0.2, 0) is 14.3 Å². The highest BCUT2D eigenvalue weighted by molar-refractivity contribution is 5.89. The highest BCUT2D eigenvalue weighted by atomic mass is 16.5. The van der Waals surface area contributed by atoms with Gasteiger partial charge in [0.2, 0.25) is 5.91 Å². The van der Waals surface area contributed by atoms with Gasteiger partial charge in [0.05, 0.1) is 13.0 Å². The van der Waals surface area contributed by atoms with Gasteiger partial charge in [0, 0.05) is 25.6 Å². The molecule has 0 aromatic carbocycles. The molecule has 1 heterocycles. The van der Waals surface area contributed by atoms with Crippen LogP contribution in [-0.4, -0.2) is 36.7 Å². The van der Waals surface area contributed by atoms with Crippen molar-refractivity contribution in [3.8, 4) is 0 Å². The number of hydrogen-bond acceptors (Lipinski definition) is 6. The topological polar surface area (TPSA) is 93.5 Å². The van der Waals surface area contributed by atoms with E-state index >= 15 is 0 Å². The number of esters is 1. The first kappa shape index (κ1) is 15.2. The second kappa shape index (κ2) is 8.25. The first-order valence-electron chi connectivity index (χ1n) is 6.21. The molecule has 0 aliphatic rings. The molecule has 0 fully saturated rings. The number of nitrogens with one attached hydrogen (secondary N) is 2. The molecule has 0 atom stereocenters. The smallest absolute Gasteiger partial charge is 0.307 e. The maximum absolute atomic E-state index is 11.5. The summed E-state index contributed by atoms with van der Waals surface area (Å²) in [5.74, 6) is 0.659. The van der Waals surface area contributed by atoms with Crippen molar-refractivity contribution in [2.75, 3.05) is 25.0 Å². The summed E-state index contributed by atoms with van der Waals surface area (Å²) in [4.78, 5) is 22.5. The van der Waals surface area contributed by atoms with E-state index in [4.69, 9.17) is 9.26 Å². The van der Waals surface area contributed by atoms with Gasteiger partial charge < -0.3 is 19.9 Å². The molecular formula is C12H19N3O4. The molecule has 7 nitrogen and oxygen atoms in total. The van der Waals surface area contributed by atoms with Crippen LogP contribution in [0.3, 0.4) is 0 Å². The van der Waals surface area contributed by atoms with Crippen molar-refractivity contribution in [1.82, 2.24) is 10.5 Å². The van der Waals surface area contributed by atoms with E-state index in [0.717, 1.165) is 0 Å². The van der Waals surface area contributed by atoms with Crippen molar-refractivity contribution in [1.29, 1.82) is 0 Å². The third kappa shape index (κ3) is 6.56. The Morgan fingerprint density at radius 2 is 2.11 bits per heavy atom. The van der Waals surface area contributed by atoms with Crippen molar-refractivity contribution < 1.29 is 18.8 Å². The molecule has 0 radical (unpaired) electrons. The number of nitrogens with zero attached hydrogens (tertiary/aromatic N) is 1. The SMILES string of the molecule is CCOC(=O)CCNCCC(=O)Nc1cc(C)on1. The lowest BCUT2D eigenvalue weighted by atomic mass is 10.3. The fraction of sp³-hybridized carbons (Fsp3) is 0.583. The first-order chi connectivity index (χ1) is 9.11. The average molecular weight is 269 g/mol. The minimum absolute atomic E-state index is 0.156. The lowest BCUT2D eigenvalue weighted by Crippen LogP contribution is -2.24. The summed E-state index contributed by atoms with van der Waals surface area (Å²) in [7, 11) is 0. The molecule has 1 aromatic rings. The van der Waals surface area contributed by atoms with Gasteiger partial charge in [-0.05, 0) is 13.8 Å². The van der Waals surface area contributed by atoms with Crippen LogP contribution in [0.15, 0.2) is 10.6 Å². The number of carbonyl (C=O) groups is 2. The third-order valence-corrected chi connectivity index (χ3v) is 2.24. The van der Waals surface area contributed by atoms with Crippen molar-refractivity contribution in [3.05, 3.63) is 11.8 Å². The van der Waals surface area contributed by atoms with Gasteiger partial charge >= 0.3 is 5.97 Å². The fourth-order valence-corrected chi connectivity index (χ4v) is 1.38. The second-order valence-corrected chi connectivity index (χ2v) is 3.93. The van der Waals surface area contributed by atoms with Gasteiger partial charge in [-0.15, -0.1) is 0 Å². The lowest BCUT2D eigenvalue weighted by molar-refractivity contribution is -0.142. The Kier molecular flexibility index (Phi) is 6.59. The zero-order chi connectivity index (χ0) is 14.1. The van der Waals surface area contributed by atoms with Crippen LogP contribution in [0.5, 0.6) is 0 Å². The van der Waals surface area contributed by atoms with Crippen LogP contribution in [0, 0.1) is 6.92 Å². The summed E-state index contributed by atoms with van der Waals surface area (Å²) >= 11 is 0. The van der Waals surface area contributed by atoms with E-state index in [0.29, 0.717) is 44.1 Å². The number of aryl methyl sites for hydroxylation is 1. The Balaban J connectivity index is 2.06. The molecule has 1 aromatic heterocycles. The van der Waals surface area contributed by atoms with Crippen molar-refractivity contribution >= 4 is 17.7 Å². The number of hydrogen-bond donors (Lipinski definition) is 2. The Morgan fingerprint density at radius 3 is 2.74 bits per heavy atom. The van der Waals surface area contributed by atoms with Crippen molar-refractivity contribution in [2.24, 2.45) is 0 Å². The molecule has 7 heteroatoms. The van der Waals surface area contributed by atoms with E-state index in [1.54, 1.807) is 19.9 Å². The highest BCUT2D eigenvalue weighted by Gasteiger charge is 2.06. The maximum Gasteiger partial charge on any atom is 0.307 e. The van der Waals surface area contributed by atoms with Crippen LogP contribution in [0.4, 0.5) is 5.82 Å². The number of aromatic nitrogens is 1. The van der Waals surface area contributed by atoms with Crippen LogP contribution < -0.4 is 10.6 Å².